The zero-order chi connectivity index (χ0) is 13.2. The fourth-order valence-electron chi connectivity index (χ4n) is 1.38. The molecular formula is C13H18FNO2. The molecule has 0 aromatic heterocycles. The van der Waals surface area contributed by atoms with Crippen molar-refractivity contribution in [2.45, 2.75) is 19.4 Å². The zero-order valence-corrected chi connectivity index (χ0v) is 10.9. The molecule has 0 saturated heterocycles. The molecule has 17 heavy (non-hydrogen) atoms. The van der Waals surface area contributed by atoms with Crippen molar-refractivity contribution in [2.75, 3.05) is 21.2 Å². The highest BCUT2D eigenvalue weighted by Gasteiger charge is 2.33. The molecule has 0 N–H and O–H groups in total. The highest BCUT2D eigenvalue weighted by Crippen LogP contribution is 2.25. The van der Waals surface area contributed by atoms with E-state index in [2.05, 4.69) is 0 Å². The second-order valence-electron chi connectivity index (χ2n) is 4.60. The number of ketones is 1. The van der Waals surface area contributed by atoms with E-state index in [1.165, 1.54) is 19.2 Å². The van der Waals surface area contributed by atoms with Gasteiger partial charge in [0.1, 0.15) is 0 Å². The van der Waals surface area contributed by atoms with E-state index in [1.54, 1.807) is 38.9 Å². The van der Waals surface area contributed by atoms with Crippen LogP contribution in [0.25, 0.3) is 0 Å². The van der Waals surface area contributed by atoms with Crippen LogP contribution in [-0.4, -0.2) is 37.4 Å². The molecule has 0 heterocycles. The second-order valence-corrected chi connectivity index (χ2v) is 4.60. The van der Waals surface area contributed by atoms with Crippen LogP contribution in [0.5, 0.6) is 5.75 Å². The summed E-state index contributed by atoms with van der Waals surface area (Å²) in [6.45, 7) is 3.52. The molecule has 1 aromatic rings. The summed E-state index contributed by atoms with van der Waals surface area (Å²) in [5, 5.41) is 0. The number of nitrogens with zero attached hydrogens (tertiary/aromatic N) is 1. The van der Waals surface area contributed by atoms with Gasteiger partial charge in [-0.25, -0.2) is 4.39 Å². The number of Topliss-reactive ketones (excluding diaryl/α,β-unsaturated/α-hetero) is 1. The maximum absolute atomic E-state index is 14.0. The van der Waals surface area contributed by atoms with Gasteiger partial charge in [-0.15, -0.1) is 0 Å². The Labute approximate surface area is 101 Å². The summed E-state index contributed by atoms with van der Waals surface area (Å²) >= 11 is 0. The summed E-state index contributed by atoms with van der Waals surface area (Å²) in [5.74, 6) is -0.778. The predicted octanol–water partition coefficient (Wildman–Crippen LogP) is 2.36. The van der Waals surface area contributed by atoms with E-state index in [1.807, 2.05) is 0 Å². The van der Waals surface area contributed by atoms with Crippen molar-refractivity contribution in [3.8, 4) is 5.75 Å². The molecule has 3 nitrogen and oxygen atoms in total. The molecule has 0 bridgehead atoms. The molecule has 1 rings (SSSR count). The van der Waals surface area contributed by atoms with E-state index in [0.717, 1.165) is 0 Å². The Morgan fingerprint density at radius 3 is 2.41 bits per heavy atom. The van der Waals surface area contributed by atoms with E-state index >= 15 is 0 Å². The number of likely N-dealkylation sites (N-methyl/N-ethyl adjacent to an activating group) is 1. The average molecular weight is 239 g/mol. The Kier molecular flexibility index (Phi) is 3.88. The minimum Gasteiger partial charge on any atom is -0.494 e. The topological polar surface area (TPSA) is 29.5 Å². The van der Waals surface area contributed by atoms with Crippen LogP contribution in [0.15, 0.2) is 18.2 Å². The molecular weight excluding hydrogens is 221 g/mol. The van der Waals surface area contributed by atoms with Gasteiger partial charge in [0.05, 0.1) is 18.2 Å². The van der Waals surface area contributed by atoms with E-state index in [-0.39, 0.29) is 17.1 Å². The molecule has 0 amide bonds. The summed E-state index contributed by atoms with van der Waals surface area (Å²) in [5.41, 5.74) is -0.698. The zero-order valence-electron chi connectivity index (χ0n) is 10.9. The Hall–Kier alpha value is -1.42. The van der Waals surface area contributed by atoms with Crippen LogP contribution in [0.2, 0.25) is 0 Å². The lowest BCUT2D eigenvalue weighted by molar-refractivity contribution is 0.0750. The Morgan fingerprint density at radius 2 is 1.94 bits per heavy atom. The number of methoxy groups -OCH3 is 1. The Bertz CT molecular complexity index is 427. The van der Waals surface area contributed by atoms with Crippen molar-refractivity contribution < 1.29 is 13.9 Å². The Morgan fingerprint density at radius 1 is 1.35 bits per heavy atom. The molecule has 0 fully saturated rings. The first-order chi connectivity index (χ1) is 7.82. The highest BCUT2D eigenvalue weighted by molar-refractivity contribution is 6.03. The van der Waals surface area contributed by atoms with Gasteiger partial charge in [0.25, 0.3) is 0 Å². The molecule has 0 aliphatic heterocycles. The molecule has 0 radical (unpaired) electrons. The lowest BCUT2D eigenvalue weighted by Gasteiger charge is -2.31. The van der Waals surface area contributed by atoms with Gasteiger partial charge in [-0.1, -0.05) is 6.07 Å². The lowest BCUT2D eigenvalue weighted by Crippen LogP contribution is -2.46. The van der Waals surface area contributed by atoms with Gasteiger partial charge in [0.2, 0.25) is 0 Å². The van der Waals surface area contributed by atoms with Crippen molar-refractivity contribution in [1.82, 2.24) is 4.90 Å². The first-order valence-corrected chi connectivity index (χ1v) is 5.37. The van der Waals surface area contributed by atoms with Crippen molar-refractivity contribution in [2.24, 2.45) is 0 Å². The number of ether oxygens (including phenoxy) is 1. The van der Waals surface area contributed by atoms with Gasteiger partial charge in [-0.3, -0.25) is 9.69 Å². The third-order valence-corrected chi connectivity index (χ3v) is 3.10. The van der Waals surface area contributed by atoms with E-state index < -0.39 is 11.4 Å². The molecule has 4 heteroatoms. The second kappa shape index (κ2) is 4.84. The normalized spacial score (nSPS) is 11.7. The van der Waals surface area contributed by atoms with Crippen molar-refractivity contribution in [3.05, 3.63) is 29.6 Å². The van der Waals surface area contributed by atoms with E-state index in [0.29, 0.717) is 0 Å². The third kappa shape index (κ3) is 2.47. The van der Waals surface area contributed by atoms with Gasteiger partial charge >= 0.3 is 0 Å². The predicted molar refractivity (Wildman–Crippen MR) is 65.0 cm³/mol. The fraction of sp³-hybridized carbons (Fsp3) is 0.462. The fourth-order valence-corrected chi connectivity index (χ4v) is 1.38. The van der Waals surface area contributed by atoms with Crippen LogP contribution < -0.4 is 4.74 Å². The number of carbonyl (C=O) groups excluding carboxylic acids is 1. The summed E-state index contributed by atoms with van der Waals surface area (Å²) in [6.07, 6.45) is 0. The highest BCUT2D eigenvalue weighted by atomic mass is 19.1. The minimum absolute atomic E-state index is 0.0584. The van der Waals surface area contributed by atoms with Crippen LogP contribution in [-0.2, 0) is 0 Å². The monoisotopic (exact) mass is 239 g/mol. The van der Waals surface area contributed by atoms with Gasteiger partial charge in [-0.2, -0.15) is 0 Å². The molecule has 0 saturated carbocycles. The van der Waals surface area contributed by atoms with E-state index in [9.17, 15) is 9.18 Å². The van der Waals surface area contributed by atoms with Crippen LogP contribution in [0.3, 0.4) is 0 Å². The summed E-state index contributed by atoms with van der Waals surface area (Å²) in [7, 11) is 4.95. The van der Waals surface area contributed by atoms with Gasteiger partial charge in [-0.05, 0) is 40.1 Å². The first kappa shape index (κ1) is 13.6. The van der Waals surface area contributed by atoms with Gasteiger partial charge in [0.15, 0.2) is 17.3 Å². The van der Waals surface area contributed by atoms with Gasteiger partial charge < -0.3 is 4.74 Å². The largest absolute Gasteiger partial charge is 0.494 e. The number of rotatable bonds is 4. The third-order valence-electron chi connectivity index (χ3n) is 3.10. The van der Waals surface area contributed by atoms with Gasteiger partial charge in [0, 0.05) is 0 Å². The maximum atomic E-state index is 14.0. The average Bonchev–Trinajstić information content (AvgIpc) is 2.28. The van der Waals surface area contributed by atoms with Crippen LogP contribution in [0, 0.1) is 5.82 Å². The SMILES string of the molecule is COc1cccc(C(=O)C(C)(C)N(C)C)c1F. The number of halogens is 1. The van der Waals surface area contributed by atoms with Crippen LogP contribution in [0.1, 0.15) is 24.2 Å². The smallest absolute Gasteiger partial charge is 0.185 e. The number of carbonyl (C=O) groups is 1. The van der Waals surface area contributed by atoms with Crippen LogP contribution >= 0.6 is 0 Å². The minimum atomic E-state index is -0.757. The number of hydrogen-bond donors (Lipinski definition) is 0. The van der Waals surface area contributed by atoms with E-state index in [4.69, 9.17) is 4.74 Å². The van der Waals surface area contributed by atoms with Crippen LogP contribution in [0.4, 0.5) is 4.39 Å². The quantitative estimate of drug-likeness (QED) is 0.755. The molecule has 0 aliphatic rings. The summed E-state index contributed by atoms with van der Waals surface area (Å²) in [6, 6.07) is 4.58. The first-order valence-electron chi connectivity index (χ1n) is 5.37. The maximum Gasteiger partial charge on any atom is 0.185 e. The van der Waals surface area contributed by atoms with Crippen molar-refractivity contribution in [3.63, 3.8) is 0 Å². The molecule has 0 aliphatic carbocycles. The molecule has 0 atom stereocenters. The lowest BCUT2D eigenvalue weighted by atomic mass is 9.91. The Balaban J connectivity index is 3.22. The summed E-state index contributed by atoms with van der Waals surface area (Å²) in [4.78, 5) is 14.0. The number of benzene rings is 1. The molecule has 0 unspecified atom stereocenters. The van der Waals surface area contributed by atoms with Crippen molar-refractivity contribution >= 4 is 5.78 Å². The standard InChI is InChI=1S/C13H18FNO2/c1-13(2,15(3)4)12(16)9-7-6-8-10(17-5)11(9)14/h6-8H,1-5H3. The molecule has 0 spiro atoms. The van der Waals surface area contributed by atoms with Crippen molar-refractivity contribution in [1.29, 1.82) is 0 Å². The summed E-state index contributed by atoms with van der Waals surface area (Å²) < 4.78 is 18.8. The number of hydrogen-bond acceptors (Lipinski definition) is 3. The molecule has 1 aromatic carbocycles. The molecule has 94 valence electrons.